The van der Waals surface area contributed by atoms with Crippen molar-refractivity contribution in [3.8, 4) is 5.75 Å². The third-order valence-corrected chi connectivity index (χ3v) is 5.18. The number of amides is 1. The van der Waals surface area contributed by atoms with Crippen molar-refractivity contribution in [2.75, 3.05) is 20.3 Å². The van der Waals surface area contributed by atoms with E-state index in [1.165, 1.54) is 26.2 Å². The van der Waals surface area contributed by atoms with Crippen LogP contribution in [0, 0.1) is 0 Å². The van der Waals surface area contributed by atoms with Crippen molar-refractivity contribution in [3.05, 3.63) is 24.3 Å². The fourth-order valence-corrected chi connectivity index (χ4v) is 3.48. The highest BCUT2D eigenvalue weighted by Gasteiger charge is 2.23. The van der Waals surface area contributed by atoms with Gasteiger partial charge in [0.1, 0.15) is 5.75 Å². The molecule has 2 atom stereocenters. The van der Waals surface area contributed by atoms with Gasteiger partial charge in [0.15, 0.2) is 0 Å². The molecule has 0 aliphatic carbocycles. The van der Waals surface area contributed by atoms with Crippen LogP contribution in [-0.4, -0.2) is 46.7 Å². The number of rotatable bonds is 7. The lowest BCUT2D eigenvalue weighted by Crippen LogP contribution is -2.46. The summed E-state index contributed by atoms with van der Waals surface area (Å²) in [6.45, 7) is 2.61. The van der Waals surface area contributed by atoms with E-state index in [0.29, 0.717) is 18.9 Å². The number of carbonyl (C=O) groups excluding carboxylic acids is 1. The molecule has 2 N–H and O–H groups in total. The van der Waals surface area contributed by atoms with E-state index in [1.54, 1.807) is 12.1 Å². The van der Waals surface area contributed by atoms with E-state index in [9.17, 15) is 13.2 Å². The van der Waals surface area contributed by atoms with Crippen LogP contribution in [0.15, 0.2) is 29.2 Å². The number of hydrogen-bond donors (Lipinski definition) is 2. The molecule has 0 unspecified atom stereocenters. The second-order valence-electron chi connectivity index (χ2n) is 5.40. The Hall–Kier alpha value is -1.64. The van der Waals surface area contributed by atoms with Crippen molar-refractivity contribution < 1.29 is 22.7 Å². The molecule has 0 spiro atoms. The van der Waals surface area contributed by atoms with Crippen LogP contribution in [0.3, 0.4) is 0 Å². The van der Waals surface area contributed by atoms with Crippen LogP contribution in [0.2, 0.25) is 0 Å². The number of methoxy groups -OCH3 is 1. The Bertz CT molecular complexity index is 624. The monoisotopic (exact) mass is 342 g/mol. The van der Waals surface area contributed by atoms with Gasteiger partial charge in [-0.3, -0.25) is 4.79 Å². The number of hydrogen-bond acceptors (Lipinski definition) is 5. The first-order valence-electron chi connectivity index (χ1n) is 7.48. The Morgan fingerprint density at radius 3 is 2.65 bits per heavy atom. The molecule has 1 heterocycles. The van der Waals surface area contributed by atoms with Crippen LogP contribution < -0.4 is 14.8 Å². The van der Waals surface area contributed by atoms with Crippen LogP contribution in [0.25, 0.3) is 0 Å². The summed E-state index contributed by atoms with van der Waals surface area (Å²) in [5.41, 5.74) is 0. The molecule has 0 saturated carbocycles. The molecule has 0 radical (unpaired) electrons. The number of sulfonamides is 1. The van der Waals surface area contributed by atoms with Gasteiger partial charge in [-0.05, 0) is 44.0 Å². The summed E-state index contributed by atoms with van der Waals surface area (Å²) in [6.07, 6.45) is 1.91. The van der Waals surface area contributed by atoms with Crippen LogP contribution in [0.5, 0.6) is 5.75 Å². The zero-order chi connectivity index (χ0) is 16.9. The van der Waals surface area contributed by atoms with E-state index in [0.717, 1.165) is 12.8 Å². The van der Waals surface area contributed by atoms with Crippen molar-refractivity contribution in [2.45, 2.75) is 36.8 Å². The van der Waals surface area contributed by atoms with Gasteiger partial charge in [0.25, 0.3) is 0 Å². The van der Waals surface area contributed by atoms with Gasteiger partial charge in [-0.1, -0.05) is 0 Å². The molecule has 128 valence electrons. The van der Waals surface area contributed by atoms with E-state index in [4.69, 9.17) is 9.47 Å². The Balaban J connectivity index is 1.91. The largest absolute Gasteiger partial charge is 0.497 e. The smallest absolute Gasteiger partial charge is 0.241 e. The number of nitrogens with one attached hydrogen (secondary N) is 2. The predicted molar refractivity (Wildman–Crippen MR) is 84.8 cm³/mol. The molecule has 0 aromatic heterocycles. The van der Waals surface area contributed by atoms with Gasteiger partial charge < -0.3 is 14.8 Å². The fourth-order valence-electron chi connectivity index (χ4n) is 2.28. The molecule has 1 amide bonds. The topological polar surface area (TPSA) is 93.7 Å². The molecule has 1 aliphatic heterocycles. The summed E-state index contributed by atoms with van der Waals surface area (Å²) < 4.78 is 37.3. The highest BCUT2D eigenvalue weighted by molar-refractivity contribution is 7.89. The summed E-state index contributed by atoms with van der Waals surface area (Å²) in [5, 5.41) is 2.71. The van der Waals surface area contributed by atoms with Crippen LogP contribution in [0.4, 0.5) is 0 Å². The minimum atomic E-state index is -3.76. The standard InChI is InChI=1S/C15H22N2O5S/c1-11(15(18)16-10-13-4-3-9-22-13)17-23(19,20)14-7-5-12(21-2)6-8-14/h5-8,11,13,17H,3-4,9-10H2,1-2H3,(H,16,18)/t11-,13-/m1/s1. The molecule has 23 heavy (non-hydrogen) atoms. The Kier molecular flexibility index (Phi) is 5.97. The third-order valence-electron chi connectivity index (χ3n) is 3.62. The molecule has 1 aliphatic rings. The van der Waals surface area contributed by atoms with Gasteiger partial charge in [-0.2, -0.15) is 4.72 Å². The zero-order valence-electron chi connectivity index (χ0n) is 13.2. The molecule has 1 aromatic rings. The highest BCUT2D eigenvalue weighted by atomic mass is 32.2. The van der Waals surface area contributed by atoms with Crippen molar-refractivity contribution in [1.82, 2.24) is 10.0 Å². The maximum Gasteiger partial charge on any atom is 0.241 e. The summed E-state index contributed by atoms with van der Waals surface area (Å²) in [6, 6.07) is 5.09. The lowest BCUT2D eigenvalue weighted by molar-refractivity contribution is -0.122. The predicted octanol–water partition coefficient (Wildman–Crippen LogP) is 0.657. The van der Waals surface area contributed by atoms with Gasteiger partial charge in [0.2, 0.25) is 15.9 Å². The van der Waals surface area contributed by atoms with Gasteiger partial charge in [0.05, 0.1) is 24.2 Å². The molecule has 1 fully saturated rings. The Morgan fingerprint density at radius 2 is 2.09 bits per heavy atom. The van der Waals surface area contributed by atoms with Gasteiger partial charge in [-0.25, -0.2) is 8.42 Å². The second kappa shape index (κ2) is 7.76. The fraction of sp³-hybridized carbons (Fsp3) is 0.533. The summed E-state index contributed by atoms with van der Waals surface area (Å²) in [7, 11) is -2.26. The molecule has 1 aromatic carbocycles. The van der Waals surface area contributed by atoms with E-state index in [2.05, 4.69) is 10.0 Å². The number of ether oxygens (including phenoxy) is 2. The minimum absolute atomic E-state index is 0.0179. The van der Waals surface area contributed by atoms with Gasteiger partial charge in [0, 0.05) is 13.2 Å². The number of carbonyl (C=O) groups is 1. The Morgan fingerprint density at radius 1 is 1.39 bits per heavy atom. The van der Waals surface area contributed by atoms with Crippen LogP contribution in [-0.2, 0) is 19.6 Å². The normalized spacial score (nSPS) is 19.3. The Labute approximate surface area is 136 Å². The average Bonchev–Trinajstić information content (AvgIpc) is 3.05. The van der Waals surface area contributed by atoms with Gasteiger partial charge in [-0.15, -0.1) is 0 Å². The zero-order valence-corrected chi connectivity index (χ0v) is 14.1. The van der Waals surface area contributed by atoms with E-state index < -0.39 is 16.1 Å². The first kappa shape index (κ1) is 17.7. The minimum Gasteiger partial charge on any atom is -0.497 e. The summed E-state index contributed by atoms with van der Waals surface area (Å²) in [4.78, 5) is 12.1. The second-order valence-corrected chi connectivity index (χ2v) is 7.11. The van der Waals surface area contributed by atoms with Crippen molar-refractivity contribution in [3.63, 3.8) is 0 Å². The average molecular weight is 342 g/mol. The van der Waals surface area contributed by atoms with E-state index in [-0.39, 0.29) is 16.9 Å². The van der Waals surface area contributed by atoms with Crippen LogP contribution in [0.1, 0.15) is 19.8 Å². The van der Waals surface area contributed by atoms with Crippen LogP contribution >= 0.6 is 0 Å². The molecule has 8 heteroatoms. The van der Waals surface area contributed by atoms with Crippen molar-refractivity contribution >= 4 is 15.9 Å². The molecule has 2 rings (SSSR count). The quantitative estimate of drug-likeness (QED) is 0.759. The van der Waals surface area contributed by atoms with E-state index in [1.807, 2.05) is 0 Å². The van der Waals surface area contributed by atoms with Crippen molar-refractivity contribution in [2.24, 2.45) is 0 Å². The lowest BCUT2D eigenvalue weighted by atomic mass is 10.2. The highest BCUT2D eigenvalue weighted by Crippen LogP contribution is 2.15. The van der Waals surface area contributed by atoms with E-state index >= 15 is 0 Å². The maximum atomic E-state index is 12.3. The number of benzene rings is 1. The molecule has 1 saturated heterocycles. The van der Waals surface area contributed by atoms with Crippen molar-refractivity contribution in [1.29, 1.82) is 0 Å². The molecular formula is C15H22N2O5S. The molecular weight excluding hydrogens is 320 g/mol. The summed E-state index contributed by atoms with van der Waals surface area (Å²) >= 11 is 0. The SMILES string of the molecule is COc1ccc(S(=O)(=O)N[C@H](C)C(=O)NC[C@H]2CCCO2)cc1. The third kappa shape index (κ3) is 4.92. The first-order valence-corrected chi connectivity index (χ1v) is 8.96. The molecule has 7 nitrogen and oxygen atoms in total. The maximum absolute atomic E-state index is 12.3. The summed E-state index contributed by atoms with van der Waals surface area (Å²) in [5.74, 6) is 0.184. The lowest BCUT2D eigenvalue weighted by Gasteiger charge is -2.16. The van der Waals surface area contributed by atoms with Gasteiger partial charge >= 0.3 is 0 Å². The molecule has 0 bridgehead atoms. The first-order chi connectivity index (χ1) is 10.9.